The van der Waals surface area contributed by atoms with Crippen LogP contribution in [0.5, 0.6) is 0 Å². The van der Waals surface area contributed by atoms with Crippen molar-refractivity contribution in [3.05, 3.63) is 32.5 Å². The van der Waals surface area contributed by atoms with Gasteiger partial charge < -0.3 is 4.90 Å². The van der Waals surface area contributed by atoms with Gasteiger partial charge in [0.1, 0.15) is 0 Å². The Kier molecular flexibility index (Phi) is 4.31. The van der Waals surface area contributed by atoms with Gasteiger partial charge in [-0.25, -0.2) is 5.48 Å². The van der Waals surface area contributed by atoms with Crippen LogP contribution in [-0.4, -0.2) is 28.5 Å². The molecule has 3 rings (SSSR count). The minimum Gasteiger partial charge on any atom is -0.334 e. The first-order chi connectivity index (χ1) is 10.6. The van der Waals surface area contributed by atoms with Crippen LogP contribution in [0.25, 0.3) is 0 Å². The molecular weight excluding hydrogens is 300 g/mol. The molecule has 1 aromatic heterocycles. The van der Waals surface area contributed by atoms with Crippen molar-refractivity contribution in [2.24, 2.45) is 0 Å². The Morgan fingerprint density at radius 2 is 2.14 bits per heavy atom. The number of rotatable bonds is 2. The Balaban J connectivity index is 1.81. The summed E-state index contributed by atoms with van der Waals surface area (Å²) in [7, 11) is 0. The van der Waals surface area contributed by atoms with E-state index in [2.05, 4.69) is 6.08 Å². The highest BCUT2D eigenvalue weighted by Gasteiger charge is 2.28. The third-order valence-corrected chi connectivity index (χ3v) is 5.87. The molecule has 6 heteroatoms. The fourth-order valence-corrected chi connectivity index (χ4v) is 4.39. The number of carbonyl (C=O) groups is 2. The second-order valence-electron chi connectivity index (χ2n) is 5.85. The van der Waals surface area contributed by atoms with Crippen molar-refractivity contribution in [3.8, 4) is 0 Å². The molecule has 0 unspecified atom stereocenters. The zero-order valence-corrected chi connectivity index (χ0v) is 13.5. The highest BCUT2D eigenvalue weighted by Crippen LogP contribution is 2.33. The fourth-order valence-electron chi connectivity index (χ4n) is 3.20. The number of hydrogen-bond acceptors (Lipinski definition) is 4. The topological polar surface area (TPSA) is 69.6 Å². The summed E-state index contributed by atoms with van der Waals surface area (Å²) in [6, 6.07) is 0. The van der Waals surface area contributed by atoms with E-state index >= 15 is 0 Å². The lowest BCUT2D eigenvalue weighted by Gasteiger charge is -2.29. The first kappa shape index (κ1) is 15.2. The first-order valence-corrected chi connectivity index (χ1v) is 8.47. The van der Waals surface area contributed by atoms with E-state index < -0.39 is 5.91 Å². The van der Waals surface area contributed by atoms with Gasteiger partial charge in [0.05, 0.1) is 4.88 Å². The van der Waals surface area contributed by atoms with Gasteiger partial charge in [0.15, 0.2) is 0 Å². The minimum atomic E-state index is -0.468. The molecule has 1 aliphatic heterocycles. The van der Waals surface area contributed by atoms with Crippen LogP contribution in [0.1, 0.15) is 51.4 Å². The fraction of sp³-hybridized carbons (Fsp3) is 0.500. The first-order valence-electron chi connectivity index (χ1n) is 7.65. The van der Waals surface area contributed by atoms with Gasteiger partial charge in [-0.05, 0) is 50.2 Å². The molecule has 0 fully saturated rings. The average Bonchev–Trinajstić information content (AvgIpc) is 2.90. The number of nitrogens with zero attached hydrogens (tertiary/aromatic N) is 1. The van der Waals surface area contributed by atoms with Crippen LogP contribution in [0, 0.1) is 6.92 Å². The van der Waals surface area contributed by atoms with E-state index in [0.29, 0.717) is 18.0 Å². The zero-order valence-electron chi connectivity index (χ0n) is 12.6. The molecule has 22 heavy (non-hydrogen) atoms. The van der Waals surface area contributed by atoms with E-state index in [0.717, 1.165) is 47.3 Å². The standard InChI is InChI=1S/C16H20N2O3S/c1-10-12-9-18(16(20)11-5-3-2-4-6-11)8-7-13(12)22-14(10)15(19)17-21/h5,21H,2-4,6-9H2,1H3,(H,17,19). The Morgan fingerprint density at radius 3 is 2.82 bits per heavy atom. The molecule has 2 amide bonds. The van der Waals surface area contributed by atoms with Crippen molar-refractivity contribution < 1.29 is 14.8 Å². The molecule has 2 heterocycles. The third-order valence-electron chi connectivity index (χ3n) is 4.47. The van der Waals surface area contributed by atoms with Gasteiger partial charge in [0, 0.05) is 23.5 Å². The molecule has 0 spiro atoms. The van der Waals surface area contributed by atoms with Crippen molar-refractivity contribution in [2.75, 3.05) is 6.54 Å². The van der Waals surface area contributed by atoms with Crippen LogP contribution in [0.15, 0.2) is 11.6 Å². The van der Waals surface area contributed by atoms with Crippen molar-refractivity contribution in [2.45, 2.75) is 45.6 Å². The van der Waals surface area contributed by atoms with Crippen LogP contribution in [-0.2, 0) is 17.8 Å². The van der Waals surface area contributed by atoms with Crippen molar-refractivity contribution >= 4 is 23.2 Å². The van der Waals surface area contributed by atoms with Gasteiger partial charge in [0.2, 0.25) is 5.91 Å². The van der Waals surface area contributed by atoms with E-state index in [-0.39, 0.29) is 5.91 Å². The molecule has 2 N–H and O–H groups in total. The van der Waals surface area contributed by atoms with E-state index in [4.69, 9.17) is 5.21 Å². The lowest BCUT2D eigenvalue weighted by atomic mass is 9.97. The number of thiophene rings is 1. The summed E-state index contributed by atoms with van der Waals surface area (Å²) in [6.07, 6.45) is 6.99. The Hall–Kier alpha value is -1.66. The van der Waals surface area contributed by atoms with Crippen LogP contribution in [0.3, 0.4) is 0 Å². The highest BCUT2D eigenvalue weighted by atomic mass is 32.1. The molecule has 0 aromatic carbocycles. The Morgan fingerprint density at radius 1 is 1.32 bits per heavy atom. The molecule has 0 radical (unpaired) electrons. The van der Waals surface area contributed by atoms with Crippen LogP contribution in [0.4, 0.5) is 0 Å². The van der Waals surface area contributed by atoms with E-state index in [1.165, 1.54) is 17.8 Å². The van der Waals surface area contributed by atoms with Gasteiger partial charge in [0.25, 0.3) is 5.91 Å². The van der Waals surface area contributed by atoms with Crippen molar-refractivity contribution in [3.63, 3.8) is 0 Å². The lowest BCUT2D eigenvalue weighted by Crippen LogP contribution is -2.36. The number of nitrogens with one attached hydrogen (secondary N) is 1. The molecule has 2 aliphatic rings. The normalized spacial score (nSPS) is 17.7. The van der Waals surface area contributed by atoms with Gasteiger partial charge in [-0.2, -0.15) is 0 Å². The van der Waals surface area contributed by atoms with E-state index in [9.17, 15) is 9.59 Å². The number of hydrogen-bond donors (Lipinski definition) is 2. The third kappa shape index (κ3) is 2.68. The molecule has 0 saturated carbocycles. The summed E-state index contributed by atoms with van der Waals surface area (Å²) in [5.74, 6) is -0.325. The maximum atomic E-state index is 12.6. The van der Waals surface area contributed by atoms with Crippen molar-refractivity contribution in [1.29, 1.82) is 0 Å². The second kappa shape index (κ2) is 6.22. The summed E-state index contributed by atoms with van der Waals surface area (Å²) in [5, 5.41) is 8.82. The van der Waals surface area contributed by atoms with Crippen LogP contribution >= 0.6 is 11.3 Å². The summed E-state index contributed by atoms with van der Waals surface area (Å²) in [4.78, 5) is 27.9. The number of allylic oxidation sites excluding steroid dienone is 1. The molecule has 0 bridgehead atoms. The largest absolute Gasteiger partial charge is 0.334 e. The lowest BCUT2D eigenvalue weighted by molar-refractivity contribution is -0.128. The summed E-state index contributed by atoms with van der Waals surface area (Å²) in [5.41, 5.74) is 4.59. The SMILES string of the molecule is Cc1c(C(=O)NO)sc2c1CN(C(=O)C1=CCCCC1)CC2. The molecule has 118 valence electrons. The monoisotopic (exact) mass is 320 g/mol. The maximum absolute atomic E-state index is 12.6. The van der Waals surface area contributed by atoms with Crippen LogP contribution < -0.4 is 5.48 Å². The van der Waals surface area contributed by atoms with Gasteiger partial charge >= 0.3 is 0 Å². The molecule has 5 nitrogen and oxygen atoms in total. The highest BCUT2D eigenvalue weighted by molar-refractivity contribution is 7.14. The maximum Gasteiger partial charge on any atom is 0.284 e. The second-order valence-corrected chi connectivity index (χ2v) is 6.96. The predicted octanol–water partition coefficient (Wildman–Crippen LogP) is 2.56. The number of carbonyl (C=O) groups excluding carboxylic acids is 2. The summed E-state index contributed by atoms with van der Waals surface area (Å²) >= 11 is 1.42. The zero-order chi connectivity index (χ0) is 15.7. The van der Waals surface area contributed by atoms with Crippen LogP contribution in [0.2, 0.25) is 0 Å². The smallest absolute Gasteiger partial charge is 0.284 e. The summed E-state index contributed by atoms with van der Waals surface area (Å²) < 4.78 is 0. The Labute approximate surface area is 133 Å². The average molecular weight is 320 g/mol. The predicted molar refractivity (Wildman–Crippen MR) is 84.0 cm³/mol. The molecular formula is C16H20N2O3S. The minimum absolute atomic E-state index is 0.143. The molecule has 0 atom stereocenters. The quantitative estimate of drug-likeness (QED) is 0.650. The number of hydroxylamine groups is 1. The molecule has 1 aromatic rings. The van der Waals surface area contributed by atoms with E-state index in [1.807, 2.05) is 11.8 Å². The Bertz CT molecular complexity index is 648. The van der Waals surface area contributed by atoms with Gasteiger partial charge in [-0.1, -0.05) is 6.08 Å². The van der Waals surface area contributed by atoms with Gasteiger partial charge in [-0.3, -0.25) is 14.8 Å². The number of fused-ring (bicyclic) bond motifs is 1. The molecule has 1 aliphatic carbocycles. The number of amides is 2. The summed E-state index contributed by atoms with van der Waals surface area (Å²) in [6.45, 7) is 3.14. The van der Waals surface area contributed by atoms with E-state index in [1.54, 1.807) is 5.48 Å². The van der Waals surface area contributed by atoms with Crippen molar-refractivity contribution in [1.82, 2.24) is 10.4 Å². The molecule has 0 saturated heterocycles. The van der Waals surface area contributed by atoms with Gasteiger partial charge in [-0.15, -0.1) is 11.3 Å².